The minimum atomic E-state index is 0. The quantitative estimate of drug-likeness (QED) is 0.501. The second-order valence-corrected chi connectivity index (χ2v) is 4.82. The van der Waals surface area contributed by atoms with E-state index in [1.165, 1.54) is 46.2 Å². The van der Waals surface area contributed by atoms with Crippen LogP contribution in [0.2, 0.25) is 0 Å². The predicted octanol–water partition coefficient (Wildman–Crippen LogP) is 6.76. The lowest BCUT2D eigenvalue weighted by atomic mass is 9.84. The Morgan fingerprint density at radius 2 is 0.952 bits per heavy atom. The van der Waals surface area contributed by atoms with E-state index in [4.69, 9.17) is 0 Å². The molecule has 0 amide bonds. The maximum Gasteiger partial charge on any atom is -0.0149 e. The normalized spacial score (nSPS) is 10.6. The summed E-state index contributed by atoms with van der Waals surface area (Å²) in [6, 6.07) is 13.6. The predicted molar refractivity (Wildman–Crippen MR) is 98.2 cm³/mol. The number of benzene rings is 2. The molecule has 0 spiro atoms. The van der Waals surface area contributed by atoms with Crippen LogP contribution in [0.4, 0.5) is 0 Å². The molecule has 0 fully saturated rings. The van der Waals surface area contributed by atoms with Crippen LogP contribution in [-0.4, -0.2) is 0 Å². The number of aryl methyl sites for hydroxylation is 4. The number of hydrogen-bond acceptors (Lipinski definition) is 0. The van der Waals surface area contributed by atoms with Gasteiger partial charge < -0.3 is 0 Å². The fourth-order valence-corrected chi connectivity index (χ4v) is 2.65. The van der Waals surface area contributed by atoms with Crippen LogP contribution in [0.25, 0.3) is 11.1 Å². The van der Waals surface area contributed by atoms with E-state index in [0.717, 1.165) is 0 Å². The van der Waals surface area contributed by atoms with Gasteiger partial charge in [-0.2, -0.15) is 0 Å². The lowest BCUT2D eigenvalue weighted by Crippen LogP contribution is -2.04. The Bertz CT molecular complexity index is 498. The van der Waals surface area contributed by atoms with Crippen molar-refractivity contribution >= 4 is 0 Å². The monoisotopic (exact) mass is 284 g/mol. The van der Waals surface area contributed by atoms with Gasteiger partial charge in [-0.25, -0.2) is 0 Å². The van der Waals surface area contributed by atoms with Crippen LogP contribution in [0.1, 0.15) is 57.4 Å². The van der Waals surface area contributed by atoms with Crippen molar-refractivity contribution in [3.63, 3.8) is 0 Å². The Morgan fingerprint density at radius 3 is 1.29 bits per heavy atom. The Labute approximate surface area is 132 Å². The first kappa shape index (κ1) is 19.4. The van der Waals surface area contributed by atoms with Crippen molar-refractivity contribution in [2.75, 3.05) is 0 Å². The molecule has 2 aromatic carbocycles. The molecule has 0 nitrogen and oxygen atoms in total. The Kier molecular flexibility index (Phi) is 8.69. The van der Waals surface area contributed by atoms with E-state index in [0.29, 0.717) is 0 Å². The zero-order chi connectivity index (χ0) is 15.1. The van der Waals surface area contributed by atoms with Gasteiger partial charge in [0.15, 0.2) is 0 Å². The molecular weight excluding hydrogens is 252 g/mol. The zero-order valence-electron chi connectivity index (χ0n) is 13.9. The lowest BCUT2D eigenvalue weighted by molar-refractivity contribution is 0.937. The van der Waals surface area contributed by atoms with E-state index < -0.39 is 0 Å². The van der Waals surface area contributed by atoms with Crippen LogP contribution >= 0.6 is 0 Å². The van der Waals surface area contributed by atoms with Crippen LogP contribution < -0.4 is 0 Å². The molecule has 21 heavy (non-hydrogen) atoms. The van der Waals surface area contributed by atoms with Gasteiger partial charge >= 0.3 is 0 Å². The molecule has 2 aromatic rings. The standard InChI is InChI=1S/C16H16.2C2H6.CH4/c1-11-3-7-15-13(9-11)5-6-14-10-12(2)4-8-16(14)15;2*1-2;/h3-4,7-10H,5-6H2,1-2H3;2*1-2H3;1H4. The van der Waals surface area contributed by atoms with Crippen LogP contribution in [0.3, 0.4) is 0 Å². The third kappa shape index (κ3) is 4.46. The van der Waals surface area contributed by atoms with E-state index in [-0.39, 0.29) is 7.43 Å². The number of rotatable bonds is 0. The van der Waals surface area contributed by atoms with E-state index in [2.05, 4.69) is 50.2 Å². The molecular formula is C21H32. The first-order valence-electron chi connectivity index (χ1n) is 7.93. The zero-order valence-corrected chi connectivity index (χ0v) is 13.9. The summed E-state index contributed by atoms with van der Waals surface area (Å²) in [5.74, 6) is 0. The summed E-state index contributed by atoms with van der Waals surface area (Å²) in [6.07, 6.45) is 2.38. The first-order valence-corrected chi connectivity index (χ1v) is 7.93. The summed E-state index contributed by atoms with van der Waals surface area (Å²) in [7, 11) is 0. The first-order chi connectivity index (χ1) is 9.74. The molecule has 1 aliphatic carbocycles. The molecule has 0 atom stereocenters. The Hall–Kier alpha value is -1.56. The van der Waals surface area contributed by atoms with Gasteiger partial charge in [0.2, 0.25) is 0 Å². The van der Waals surface area contributed by atoms with Gasteiger partial charge in [0.05, 0.1) is 0 Å². The van der Waals surface area contributed by atoms with Gasteiger partial charge in [0, 0.05) is 0 Å². The molecule has 0 saturated carbocycles. The Morgan fingerprint density at radius 1 is 0.619 bits per heavy atom. The van der Waals surface area contributed by atoms with Crippen LogP contribution in [-0.2, 0) is 12.8 Å². The lowest BCUT2D eigenvalue weighted by Gasteiger charge is -2.20. The minimum absolute atomic E-state index is 0. The Balaban J connectivity index is 0.000000741. The van der Waals surface area contributed by atoms with Crippen molar-refractivity contribution in [2.24, 2.45) is 0 Å². The molecule has 0 aromatic heterocycles. The van der Waals surface area contributed by atoms with Gasteiger partial charge in [0.1, 0.15) is 0 Å². The summed E-state index contributed by atoms with van der Waals surface area (Å²) >= 11 is 0. The molecule has 0 radical (unpaired) electrons. The molecule has 0 heterocycles. The van der Waals surface area contributed by atoms with E-state index in [1.54, 1.807) is 0 Å². The molecule has 0 heteroatoms. The van der Waals surface area contributed by atoms with Gasteiger partial charge in [-0.05, 0) is 48.9 Å². The van der Waals surface area contributed by atoms with E-state index in [9.17, 15) is 0 Å². The highest BCUT2D eigenvalue weighted by atomic mass is 14.2. The van der Waals surface area contributed by atoms with Crippen LogP contribution in [0.5, 0.6) is 0 Å². The maximum absolute atomic E-state index is 2.33. The summed E-state index contributed by atoms with van der Waals surface area (Å²) in [4.78, 5) is 0. The second-order valence-electron chi connectivity index (χ2n) is 4.82. The highest BCUT2D eigenvalue weighted by molar-refractivity contribution is 5.73. The third-order valence-electron chi connectivity index (χ3n) is 3.48. The molecule has 0 aliphatic heterocycles. The number of hydrogen-bond donors (Lipinski definition) is 0. The maximum atomic E-state index is 2.33. The van der Waals surface area contributed by atoms with Crippen molar-refractivity contribution in [1.82, 2.24) is 0 Å². The summed E-state index contributed by atoms with van der Waals surface area (Å²) in [5.41, 5.74) is 8.63. The van der Waals surface area contributed by atoms with Crippen molar-refractivity contribution < 1.29 is 0 Å². The van der Waals surface area contributed by atoms with Crippen molar-refractivity contribution in [2.45, 2.75) is 61.8 Å². The van der Waals surface area contributed by atoms with Crippen molar-refractivity contribution in [1.29, 1.82) is 0 Å². The smallest absolute Gasteiger partial charge is 0.0149 e. The van der Waals surface area contributed by atoms with Gasteiger partial charge in [0.25, 0.3) is 0 Å². The topological polar surface area (TPSA) is 0 Å². The van der Waals surface area contributed by atoms with E-state index >= 15 is 0 Å². The molecule has 3 rings (SSSR count). The molecule has 0 bridgehead atoms. The fourth-order valence-electron chi connectivity index (χ4n) is 2.65. The fraction of sp³-hybridized carbons (Fsp3) is 0.429. The third-order valence-corrected chi connectivity index (χ3v) is 3.48. The van der Waals surface area contributed by atoms with Gasteiger partial charge in [-0.15, -0.1) is 0 Å². The molecule has 0 unspecified atom stereocenters. The molecule has 0 saturated heterocycles. The summed E-state index contributed by atoms with van der Waals surface area (Å²) in [5, 5.41) is 0. The van der Waals surface area contributed by atoms with Crippen molar-refractivity contribution in [3.8, 4) is 11.1 Å². The average molecular weight is 284 g/mol. The second kappa shape index (κ2) is 9.39. The highest BCUT2D eigenvalue weighted by Gasteiger charge is 2.15. The molecule has 116 valence electrons. The highest BCUT2D eigenvalue weighted by Crippen LogP contribution is 2.34. The van der Waals surface area contributed by atoms with Crippen molar-refractivity contribution in [3.05, 3.63) is 58.7 Å². The van der Waals surface area contributed by atoms with Crippen LogP contribution in [0.15, 0.2) is 36.4 Å². The van der Waals surface area contributed by atoms with Gasteiger partial charge in [-0.3, -0.25) is 0 Å². The number of fused-ring (bicyclic) bond motifs is 3. The van der Waals surface area contributed by atoms with Gasteiger partial charge in [-0.1, -0.05) is 82.6 Å². The van der Waals surface area contributed by atoms with E-state index in [1.807, 2.05) is 27.7 Å². The summed E-state index contributed by atoms with van der Waals surface area (Å²) < 4.78 is 0. The minimum Gasteiger partial charge on any atom is -0.0776 e. The average Bonchev–Trinajstić information content (AvgIpc) is 2.50. The molecule has 0 N–H and O–H groups in total. The molecule has 1 aliphatic rings. The SMILES string of the molecule is C.CC.CC.Cc1ccc2c(c1)CCc1cc(C)ccc1-2. The summed E-state index contributed by atoms with van der Waals surface area (Å²) in [6.45, 7) is 12.3. The largest absolute Gasteiger partial charge is 0.0776 e. The van der Waals surface area contributed by atoms with Crippen LogP contribution in [0, 0.1) is 13.8 Å².